The van der Waals surface area contributed by atoms with Gasteiger partial charge < -0.3 is 9.47 Å². The molecule has 0 heterocycles. The Kier molecular flexibility index (Phi) is 4.07. The van der Waals surface area contributed by atoms with Crippen molar-refractivity contribution >= 4 is 5.78 Å². The van der Waals surface area contributed by atoms with Crippen molar-refractivity contribution < 1.29 is 14.3 Å². The van der Waals surface area contributed by atoms with E-state index in [0.717, 1.165) is 5.75 Å². The van der Waals surface area contributed by atoms with Crippen molar-refractivity contribution in [3.63, 3.8) is 0 Å². The second-order valence-corrected chi connectivity index (χ2v) is 4.60. The van der Waals surface area contributed by atoms with E-state index in [-0.39, 0.29) is 18.0 Å². The van der Waals surface area contributed by atoms with Crippen molar-refractivity contribution in [3.8, 4) is 5.75 Å². The molecule has 3 nitrogen and oxygen atoms in total. The van der Waals surface area contributed by atoms with E-state index >= 15 is 0 Å². The average molecular weight is 222 g/mol. The fourth-order valence-corrected chi connectivity index (χ4v) is 1.28. The molecule has 0 saturated heterocycles. The van der Waals surface area contributed by atoms with Crippen LogP contribution in [0.3, 0.4) is 0 Å². The Morgan fingerprint density at radius 2 is 1.75 bits per heavy atom. The molecule has 3 heteroatoms. The molecule has 0 aliphatic rings. The summed E-state index contributed by atoms with van der Waals surface area (Å²) in [5.41, 5.74) is 0.418. The molecule has 1 rings (SSSR count). The van der Waals surface area contributed by atoms with E-state index in [1.807, 2.05) is 20.8 Å². The zero-order chi connectivity index (χ0) is 12.2. The topological polar surface area (TPSA) is 35.5 Å². The van der Waals surface area contributed by atoms with Crippen molar-refractivity contribution in [3.05, 3.63) is 29.8 Å². The number of rotatable bonds is 4. The minimum absolute atomic E-state index is 0.0233. The molecule has 0 spiro atoms. The van der Waals surface area contributed by atoms with Crippen LogP contribution in [0.1, 0.15) is 31.1 Å². The third-order valence-electron chi connectivity index (χ3n) is 1.88. The summed E-state index contributed by atoms with van der Waals surface area (Å²) in [6, 6.07) is 7.10. The highest BCUT2D eigenvalue weighted by molar-refractivity contribution is 5.97. The van der Waals surface area contributed by atoms with Gasteiger partial charge in [-0.2, -0.15) is 0 Å². The molecular formula is C13H18O3. The number of hydrogen-bond donors (Lipinski definition) is 0. The average Bonchev–Trinajstić information content (AvgIpc) is 2.16. The number of methoxy groups -OCH3 is 1. The van der Waals surface area contributed by atoms with Crippen LogP contribution in [0.4, 0.5) is 0 Å². The van der Waals surface area contributed by atoms with Gasteiger partial charge in [0.2, 0.25) is 0 Å². The van der Waals surface area contributed by atoms with Gasteiger partial charge in [-0.05, 0) is 45.0 Å². The molecule has 0 fully saturated rings. The summed E-state index contributed by atoms with van der Waals surface area (Å²) in [6.45, 7) is 6.06. The predicted molar refractivity (Wildman–Crippen MR) is 63.0 cm³/mol. The van der Waals surface area contributed by atoms with E-state index in [4.69, 9.17) is 9.47 Å². The van der Waals surface area contributed by atoms with Gasteiger partial charge in [-0.1, -0.05) is 0 Å². The predicted octanol–water partition coefficient (Wildman–Crippen LogP) is 2.69. The number of benzene rings is 1. The van der Waals surface area contributed by atoms with Crippen LogP contribution < -0.4 is 4.74 Å². The molecule has 0 unspecified atom stereocenters. The molecule has 0 aliphatic heterocycles. The smallest absolute Gasteiger partial charge is 0.188 e. The van der Waals surface area contributed by atoms with E-state index in [2.05, 4.69) is 0 Å². The summed E-state index contributed by atoms with van der Waals surface area (Å²) in [4.78, 5) is 11.5. The zero-order valence-corrected chi connectivity index (χ0v) is 10.2. The highest BCUT2D eigenvalue weighted by Crippen LogP contribution is 2.18. The summed E-state index contributed by atoms with van der Waals surface area (Å²) < 4.78 is 10.4. The molecule has 0 saturated carbocycles. The lowest BCUT2D eigenvalue weighted by Gasteiger charge is -2.21. The van der Waals surface area contributed by atoms with Gasteiger partial charge in [-0.25, -0.2) is 0 Å². The summed E-state index contributed by atoms with van der Waals surface area (Å²) in [6.07, 6.45) is 0. The first kappa shape index (κ1) is 12.7. The van der Waals surface area contributed by atoms with Gasteiger partial charge in [0.05, 0.1) is 0 Å². The van der Waals surface area contributed by atoms with Gasteiger partial charge in [-0.15, -0.1) is 0 Å². The van der Waals surface area contributed by atoms with Gasteiger partial charge in [0, 0.05) is 12.7 Å². The van der Waals surface area contributed by atoms with Crippen molar-refractivity contribution in [2.45, 2.75) is 26.4 Å². The highest BCUT2D eigenvalue weighted by atomic mass is 16.5. The monoisotopic (exact) mass is 222 g/mol. The lowest BCUT2D eigenvalue weighted by Crippen LogP contribution is -2.22. The molecule has 0 amide bonds. The Labute approximate surface area is 96.4 Å². The fourth-order valence-electron chi connectivity index (χ4n) is 1.28. The molecule has 0 aromatic heterocycles. The summed E-state index contributed by atoms with van der Waals surface area (Å²) in [5, 5.41) is 0. The van der Waals surface area contributed by atoms with Crippen LogP contribution >= 0.6 is 0 Å². The van der Waals surface area contributed by atoms with E-state index in [1.165, 1.54) is 7.11 Å². The number of carbonyl (C=O) groups excluding carboxylic acids is 1. The number of hydrogen-bond acceptors (Lipinski definition) is 3. The Bertz CT molecular complexity index is 346. The van der Waals surface area contributed by atoms with E-state index in [1.54, 1.807) is 24.3 Å². The molecule has 0 bridgehead atoms. The first-order chi connectivity index (χ1) is 7.42. The van der Waals surface area contributed by atoms with Gasteiger partial charge >= 0.3 is 0 Å². The van der Waals surface area contributed by atoms with E-state index < -0.39 is 0 Å². The number of carbonyl (C=O) groups is 1. The van der Waals surface area contributed by atoms with Crippen molar-refractivity contribution in [2.75, 3.05) is 13.7 Å². The number of ether oxygens (including phenoxy) is 2. The first-order valence-electron chi connectivity index (χ1n) is 5.23. The van der Waals surface area contributed by atoms with Crippen LogP contribution in [0.15, 0.2) is 24.3 Å². The van der Waals surface area contributed by atoms with Crippen LogP contribution in [0.25, 0.3) is 0 Å². The second-order valence-electron chi connectivity index (χ2n) is 4.60. The van der Waals surface area contributed by atoms with Crippen molar-refractivity contribution in [2.24, 2.45) is 0 Å². The summed E-state index contributed by atoms with van der Waals surface area (Å²) in [5.74, 6) is 0.742. The molecule has 88 valence electrons. The molecule has 1 aromatic rings. The minimum Gasteiger partial charge on any atom is -0.488 e. The van der Waals surface area contributed by atoms with Crippen LogP contribution in [-0.2, 0) is 4.74 Å². The molecule has 0 radical (unpaired) electrons. The largest absolute Gasteiger partial charge is 0.488 e. The lowest BCUT2D eigenvalue weighted by molar-refractivity contribution is 0.0848. The number of ketones is 1. The van der Waals surface area contributed by atoms with Gasteiger partial charge in [0.1, 0.15) is 18.0 Å². The van der Waals surface area contributed by atoms with Crippen LogP contribution in [0.5, 0.6) is 5.75 Å². The van der Waals surface area contributed by atoms with E-state index in [9.17, 15) is 4.79 Å². The quantitative estimate of drug-likeness (QED) is 0.735. The van der Waals surface area contributed by atoms with Crippen molar-refractivity contribution in [1.29, 1.82) is 0 Å². The molecule has 0 aliphatic carbocycles. The normalized spacial score (nSPS) is 11.2. The Hall–Kier alpha value is -1.35. The van der Waals surface area contributed by atoms with Gasteiger partial charge in [0.15, 0.2) is 5.78 Å². The van der Waals surface area contributed by atoms with Gasteiger partial charge in [0.25, 0.3) is 0 Å². The molecule has 1 aromatic carbocycles. The lowest BCUT2D eigenvalue weighted by atomic mass is 10.1. The first-order valence-corrected chi connectivity index (χ1v) is 5.23. The van der Waals surface area contributed by atoms with Gasteiger partial charge in [-0.3, -0.25) is 4.79 Å². The van der Waals surface area contributed by atoms with Crippen molar-refractivity contribution in [1.82, 2.24) is 0 Å². The second kappa shape index (κ2) is 5.12. The van der Waals surface area contributed by atoms with E-state index in [0.29, 0.717) is 5.56 Å². The standard InChI is InChI=1S/C13H18O3/c1-13(2,3)16-11-7-5-10(6-8-11)12(14)9-15-4/h5-8H,9H2,1-4H3. The molecular weight excluding hydrogens is 204 g/mol. The number of Topliss-reactive ketones (excluding diaryl/α,β-unsaturated/α-hetero) is 1. The summed E-state index contributed by atoms with van der Waals surface area (Å²) >= 11 is 0. The Balaban J connectivity index is 2.72. The molecule has 0 atom stereocenters. The minimum atomic E-state index is -0.224. The maximum absolute atomic E-state index is 11.5. The fraction of sp³-hybridized carbons (Fsp3) is 0.462. The highest BCUT2D eigenvalue weighted by Gasteiger charge is 2.12. The Morgan fingerprint density at radius 3 is 2.19 bits per heavy atom. The third kappa shape index (κ3) is 4.03. The van der Waals surface area contributed by atoms with Crippen LogP contribution in [0.2, 0.25) is 0 Å². The SMILES string of the molecule is COCC(=O)c1ccc(OC(C)(C)C)cc1. The molecule has 16 heavy (non-hydrogen) atoms. The van der Waals surface area contributed by atoms with Crippen LogP contribution in [0, 0.1) is 0 Å². The maximum atomic E-state index is 11.5. The maximum Gasteiger partial charge on any atom is 0.188 e. The van der Waals surface area contributed by atoms with Crippen LogP contribution in [-0.4, -0.2) is 25.1 Å². The third-order valence-corrected chi connectivity index (χ3v) is 1.88. The molecule has 0 N–H and O–H groups in total. The Morgan fingerprint density at radius 1 is 1.19 bits per heavy atom. The summed E-state index contributed by atoms with van der Waals surface area (Å²) in [7, 11) is 1.51. The zero-order valence-electron chi connectivity index (χ0n) is 10.2.